The Balaban J connectivity index is 2.13. The third-order valence-electron chi connectivity index (χ3n) is 4.74. The molecule has 2 aromatic carbocycles. The molecule has 0 aromatic heterocycles. The molecular weight excluding hydrogens is 373 g/mol. The minimum absolute atomic E-state index is 0.397. The van der Waals surface area contributed by atoms with Crippen molar-refractivity contribution in [2.75, 3.05) is 26.6 Å². The highest BCUT2D eigenvalue weighted by Gasteiger charge is 2.25. The Morgan fingerprint density at radius 3 is 2.32 bits per heavy atom. The smallest absolute Gasteiger partial charge is 0.282 e. The Hall–Kier alpha value is -2.74. The van der Waals surface area contributed by atoms with E-state index in [0.717, 1.165) is 28.2 Å². The molecule has 2 N–H and O–H groups in total. The van der Waals surface area contributed by atoms with Crippen LogP contribution in [0.1, 0.15) is 18.1 Å². The van der Waals surface area contributed by atoms with Crippen LogP contribution >= 0.6 is 0 Å². The summed E-state index contributed by atoms with van der Waals surface area (Å²) in [5.41, 5.74) is 1.52. The molecule has 0 fully saturated rings. The summed E-state index contributed by atoms with van der Waals surface area (Å²) in [6.45, 7) is 4.07. The third-order valence-corrected chi connectivity index (χ3v) is 4.74. The summed E-state index contributed by atoms with van der Waals surface area (Å²) in [6.07, 6.45) is 0. The Morgan fingerprint density at radius 1 is 1.11 bits per heavy atom. The van der Waals surface area contributed by atoms with E-state index < -0.39 is 35.1 Å². The van der Waals surface area contributed by atoms with Crippen LogP contribution in [0.25, 0.3) is 0 Å². The van der Waals surface area contributed by atoms with Crippen LogP contribution in [0.5, 0.6) is 11.5 Å². The van der Waals surface area contributed by atoms with Crippen LogP contribution in [0.2, 0.25) is 0 Å². The number of benzene rings is 2. The maximum absolute atomic E-state index is 13.8. The summed E-state index contributed by atoms with van der Waals surface area (Å²) in [5.74, 6) is -3.67. The molecule has 0 radical (unpaired) electrons. The Bertz CT molecular complexity index is 874. The number of hydrogen-bond acceptors (Lipinski definition) is 3. The summed E-state index contributed by atoms with van der Waals surface area (Å²) in [5, 5.41) is 2.31. The summed E-state index contributed by atoms with van der Waals surface area (Å²) in [7, 11) is 4.90. The standard InChI is InChI=1S/C20H23F3N2O3/c1-11-8-16(27-4)17(28-5)9-13(11)10-25(3)12(2)20(26)24-15-7-6-14(21)18(22)19(15)23/h6-9,12H,10H2,1-5H3,(H,24,26)/p+1/t12-/m0/s1. The fourth-order valence-electron chi connectivity index (χ4n) is 2.75. The molecule has 0 bridgehead atoms. The van der Waals surface area contributed by atoms with Crippen molar-refractivity contribution in [3.05, 3.63) is 52.8 Å². The lowest BCUT2D eigenvalue weighted by atomic mass is 10.1. The molecule has 0 saturated heterocycles. The highest BCUT2D eigenvalue weighted by molar-refractivity contribution is 5.93. The first-order valence-electron chi connectivity index (χ1n) is 8.67. The lowest BCUT2D eigenvalue weighted by Crippen LogP contribution is -3.12. The van der Waals surface area contributed by atoms with E-state index in [4.69, 9.17) is 9.47 Å². The molecule has 1 amide bonds. The van der Waals surface area contributed by atoms with E-state index in [0.29, 0.717) is 18.0 Å². The van der Waals surface area contributed by atoms with Gasteiger partial charge in [0.15, 0.2) is 35.0 Å². The minimum Gasteiger partial charge on any atom is -0.493 e. The van der Waals surface area contributed by atoms with Crippen molar-refractivity contribution in [1.82, 2.24) is 0 Å². The number of hydrogen-bond donors (Lipinski definition) is 2. The van der Waals surface area contributed by atoms with E-state index >= 15 is 0 Å². The van der Waals surface area contributed by atoms with Gasteiger partial charge in [0.25, 0.3) is 5.91 Å². The second-order valence-corrected chi connectivity index (χ2v) is 6.59. The second-order valence-electron chi connectivity index (χ2n) is 6.59. The average molecular weight is 397 g/mol. The molecule has 5 nitrogen and oxygen atoms in total. The normalized spacial score (nSPS) is 13.0. The van der Waals surface area contributed by atoms with Crippen LogP contribution < -0.4 is 19.7 Å². The number of ether oxygens (including phenoxy) is 2. The van der Waals surface area contributed by atoms with Crippen LogP contribution in [-0.2, 0) is 11.3 Å². The molecule has 2 aromatic rings. The Kier molecular flexibility index (Phi) is 6.90. The molecule has 0 spiro atoms. The third kappa shape index (κ3) is 4.56. The van der Waals surface area contributed by atoms with E-state index in [1.807, 2.05) is 26.1 Å². The van der Waals surface area contributed by atoms with Gasteiger partial charge >= 0.3 is 0 Å². The quantitative estimate of drug-likeness (QED) is 0.706. The highest BCUT2D eigenvalue weighted by Crippen LogP contribution is 2.30. The molecule has 0 aliphatic rings. The highest BCUT2D eigenvalue weighted by atomic mass is 19.2. The van der Waals surface area contributed by atoms with Crippen molar-refractivity contribution in [1.29, 1.82) is 0 Å². The first-order valence-corrected chi connectivity index (χ1v) is 8.67. The Labute approximate surface area is 162 Å². The number of anilines is 1. The second kappa shape index (κ2) is 8.97. The lowest BCUT2D eigenvalue weighted by molar-refractivity contribution is -0.907. The van der Waals surface area contributed by atoms with Gasteiger partial charge in [-0.1, -0.05) is 0 Å². The number of quaternary nitrogens is 1. The fourth-order valence-corrected chi connectivity index (χ4v) is 2.75. The molecule has 0 saturated carbocycles. The summed E-state index contributed by atoms with van der Waals surface area (Å²) in [4.78, 5) is 13.3. The molecule has 0 aliphatic carbocycles. The van der Waals surface area contributed by atoms with Gasteiger partial charge in [0, 0.05) is 5.56 Å². The van der Waals surface area contributed by atoms with E-state index in [9.17, 15) is 18.0 Å². The predicted octanol–water partition coefficient (Wildman–Crippen LogP) is 2.47. The van der Waals surface area contributed by atoms with Gasteiger partial charge < -0.3 is 19.7 Å². The van der Waals surface area contributed by atoms with E-state index in [1.165, 1.54) is 0 Å². The summed E-state index contributed by atoms with van der Waals surface area (Å²) in [6, 6.07) is 4.87. The van der Waals surface area contributed by atoms with Crippen LogP contribution in [0.4, 0.5) is 18.9 Å². The SMILES string of the molecule is COc1cc(C)c(C[NH+](C)[C@@H](C)C(=O)Nc2ccc(F)c(F)c2F)cc1OC. The molecule has 28 heavy (non-hydrogen) atoms. The largest absolute Gasteiger partial charge is 0.493 e. The fraction of sp³-hybridized carbons (Fsp3) is 0.350. The van der Waals surface area contributed by atoms with E-state index in [-0.39, 0.29) is 0 Å². The molecule has 0 aliphatic heterocycles. The lowest BCUT2D eigenvalue weighted by Gasteiger charge is -2.22. The van der Waals surface area contributed by atoms with Gasteiger partial charge in [0.1, 0.15) is 6.54 Å². The van der Waals surface area contributed by atoms with Gasteiger partial charge in [-0.2, -0.15) is 0 Å². The minimum atomic E-state index is -1.62. The van der Waals surface area contributed by atoms with Gasteiger partial charge in [-0.25, -0.2) is 13.2 Å². The monoisotopic (exact) mass is 397 g/mol. The maximum Gasteiger partial charge on any atom is 0.282 e. The van der Waals surface area contributed by atoms with Crippen LogP contribution in [-0.4, -0.2) is 33.2 Å². The predicted molar refractivity (Wildman–Crippen MR) is 99.3 cm³/mol. The molecule has 2 atom stereocenters. The molecule has 2 rings (SSSR count). The van der Waals surface area contributed by atoms with Gasteiger partial charge in [0.2, 0.25) is 0 Å². The number of amides is 1. The number of rotatable bonds is 7. The summed E-state index contributed by atoms with van der Waals surface area (Å²) >= 11 is 0. The maximum atomic E-state index is 13.8. The van der Waals surface area contributed by atoms with Gasteiger partial charge in [0.05, 0.1) is 27.0 Å². The number of halogens is 3. The molecule has 1 unspecified atom stereocenters. The Morgan fingerprint density at radius 2 is 1.71 bits per heavy atom. The van der Waals surface area contributed by atoms with Crippen molar-refractivity contribution in [2.45, 2.75) is 26.4 Å². The number of carbonyl (C=O) groups is 1. The van der Waals surface area contributed by atoms with Gasteiger partial charge in [-0.3, -0.25) is 4.79 Å². The number of methoxy groups -OCH3 is 2. The number of likely N-dealkylation sites (N-methyl/N-ethyl adjacent to an activating group) is 1. The van der Waals surface area contributed by atoms with Crippen molar-refractivity contribution >= 4 is 11.6 Å². The van der Waals surface area contributed by atoms with E-state index in [1.54, 1.807) is 21.1 Å². The van der Waals surface area contributed by atoms with Crippen molar-refractivity contribution in [3.63, 3.8) is 0 Å². The average Bonchev–Trinajstić information content (AvgIpc) is 2.68. The number of carbonyl (C=O) groups excluding carboxylic acids is 1. The first-order chi connectivity index (χ1) is 13.2. The number of aryl methyl sites for hydroxylation is 1. The van der Waals surface area contributed by atoms with Crippen molar-refractivity contribution in [2.24, 2.45) is 0 Å². The molecule has 8 heteroatoms. The topological polar surface area (TPSA) is 52.0 Å². The van der Waals surface area contributed by atoms with Crippen LogP contribution in [0.3, 0.4) is 0 Å². The zero-order chi connectivity index (χ0) is 21.0. The first kappa shape index (κ1) is 21.6. The number of nitrogens with one attached hydrogen (secondary N) is 2. The van der Waals surface area contributed by atoms with E-state index in [2.05, 4.69) is 5.32 Å². The molecule has 0 heterocycles. The molecular formula is C20H24F3N2O3+. The zero-order valence-corrected chi connectivity index (χ0v) is 16.5. The van der Waals surface area contributed by atoms with Gasteiger partial charge in [-0.05, 0) is 43.7 Å². The van der Waals surface area contributed by atoms with Crippen molar-refractivity contribution < 1.29 is 32.3 Å². The van der Waals surface area contributed by atoms with Gasteiger partial charge in [-0.15, -0.1) is 0 Å². The van der Waals surface area contributed by atoms with Crippen LogP contribution in [0.15, 0.2) is 24.3 Å². The summed E-state index contributed by atoms with van der Waals surface area (Å²) < 4.78 is 50.7. The zero-order valence-electron chi connectivity index (χ0n) is 16.5. The van der Waals surface area contributed by atoms with Crippen LogP contribution in [0, 0.1) is 24.4 Å². The van der Waals surface area contributed by atoms with Crippen molar-refractivity contribution in [3.8, 4) is 11.5 Å². The molecule has 152 valence electrons.